The summed E-state index contributed by atoms with van der Waals surface area (Å²) in [6.07, 6.45) is -2.22. The van der Waals surface area contributed by atoms with Gasteiger partial charge in [0.1, 0.15) is 22.5 Å². The molecule has 2 aromatic heterocycles. The molecule has 230 valence electrons. The summed E-state index contributed by atoms with van der Waals surface area (Å²) in [5.74, 6) is -1.53. The summed E-state index contributed by atoms with van der Waals surface area (Å²) >= 11 is 0.917. The number of ether oxygens (including phenoxy) is 1. The third kappa shape index (κ3) is 6.83. The quantitative estimate of drug-likeness (QED) is 0.358. The zero-order valence-electron chi connectivity index (χ0n) is 22.7. The third-order valence-corrected chi connectivity index (χ3v) is 10.1. The molecule has 0 spiro atoms. The summed E-state index contributed by atoms with van der Waals surface area (Å²) < 4.78 is 69.9. The van der Waals surface area contributed by atoms with Crippen LogP contribution in [0.5, 0.6) is 5.75 Å². The van der Waals surface area contributed by atoms with E-state index >= 15 is 0 Å². The normalized spacial score (nSPS) is 17.8. The molecule has 5 rings (SSSR count). The fourth-order valence-corrected chi connectivity index (χ4v) is 7.18. The monoisotopic (exact) mass is 640 g/mol. The van der Waals surface area contributed by atoms with Crippen molar-refractivity contribution >= 4 is 44.2 Å². The van der Waals surface area contributed by atoms with Crippen LogP contribution in [0, 0.1) is 6.92 Å². The molecule has 2 saturated heterocycles. The number of aryl methyl sites for hydroxylation is 1. The molecule has 12 nitrogen and oxygen atoms in total. The number of pyridine rings is 1. The van der Waals surface area contributed by atoms with Crippen LogP contribution in [0.2, 0.25) is 0 Å². The molecule has 0 radical (unpaired) electrons. The number of hydrogen-bond acceptors (Lipinski definition) is 10. The Balaban J connectivity index is 1.37. The zero-order chi connectivity index (χ0) is 30.9. The number of piperazine rings is 1. The Labute approximate surface area is 248 Å². The molecule has 17 heteroatoms. The van der Waals surface area contributed by atoms with Crippen molar-refractivity contribution in [3.8, 4) is 5.75 Å². The number of aromatic carboxylic acids is 1. The van der Waals surface area contributed by atoms with Crippen molar-refractivity contribution in [2.24, 2.45) is 0 Å². The Kier molecular flexibility index (Phi) is 8.49. The van der Waals surface area contributed by atoms with E-state index in [2.05, 4.69) is 24.9 Å². The number of thiazole rings is 1. The van der Waals surface area contributed by atoms with Gasteiger partial charge in [-0.1, -0.05) is 17.4 Å². The van der Waals surface area contributed by atoms with Gasteiger partial charge in [-0.05, 0) is 49.2 Å². The summed E-state index contributed by atoms with van der Waals surface area (Å²) in [6.45, 7) is 3.24. The Morgan fingerprint density at radius 3 is 2.37 bits per heavy atom. The average Bonchev–Trinajstić information content (AvgIpc) is 3.32. The van der Waals surface area contributed by atoms with Gasteiger partial charge in [0.05, 0.1) is 10.6 Å². The molecule has 1 aromatic carbocycles. The maximum atomic E-state index is 13.7. The van der Waals surface area contributed by atoms with E-state index in [9.17, 15) is 36.3 Å². The minimum absolute atomic E-state index is 0.0291. The molecule has 3 aromatic rings. The molecular weight excluding hydrogens is 613 g/mol. The lowest BCUT2D eigenvalue weighted by Gasteiger charge is -2.39. The number of carbonyl (C=O) groups is 2. The van der Waals surface area contributed by atoms with Crippen molar-refractivity contribution in [1.29, 1.82) is 0 Å². The maximum absolute atomic E-state index is 13.7. The summed E-state index contributed by atoms with van der Waals surface area (Å²) in [6, 6.07) is 6.12. The minimum Gasteiger partial charge on any atom is -0.477 e. The first-order valence-corrected chi connectivity index (χ1v) is 15.4. The van der Waals surface area contributed by atoms with Crippen LogP contribution >= 0.6 is 11.3 Å². The summed E-state index contributed by atoms with van der Waals surface area (Å²) in [5.41, 5.74) is 0.987. The average molecular weight is 641 g/mol. The molecule has 0 aliphatic carbocycles. The highest BCUT2D eigenvalue weighted by Gasteiger charge is 2.41. The number of nitrogens with zero attached hydrogens (tertiary/aromatic N) is 5. The Hall–Kier alpha value is -3.96. The van der Waals surface area contributed by atoms with Crippen LogP contribution in [0.15, 0.2) is 47.5 Å². The van der Waals surface area contributed by atoms with Gasteiger partial charge in [0.15, 0.2) is 5.13 Å². The van der Waals surface area contributed by atoms with Gasteiger partial charge in [-0.3, -0.25) is 4.79 Å². The molecule has 2 aliphatic rings. The molecule has 1 atom stereocenters. The van der Waals surface area contributed by atoms with Crippen molar-refractivity contribution in [2.45, 2.75) is 37.2 Å². The van der Waals surface area contributed by atoms with Crippen molar-refractivity contribution in [3.63, 3.8) is 0 Å². The molecule has 0 unspecified atom stereocenters. The van der Waals surface area contributed by atoms with Gasteiger partial charge >= 0.3 is 12.3 Å². The lowest BCUT2D eigenvalue weighted by Crippen LogP contribution is -2.60. The predicted molar refractivity (Wildman–Crippen MR) is 150 cm³/mol. The zero-order valence-corrected chi connectivity index (χ0v) is 24.4. The molecule has 2 aliphatic heterocycles. The van der Waals surface area contributed by atoms with Crippen molar-refractivity contribution in [2.75, 3.05) is 42.5 Å². The molecule has 0 bridgehead atoms. The fourth-order valence-electron chi connectivity index (χ4n) is 4.67. The highest BCUT2D eigenvalue weighted by atomic mass is 32.2. The van der Waals surface area contributed by atoms with E-state index in [-0.39, 0.29) is 36.0 Å². The molecular formula is C26H27F3N6O6S2. The molecule has 2 N–H and O–H groups in total. The number of halogens is 3. The second-order valence-corrected chi connectivity index (χ2v) is 12.8. The smallest absolute Gasteiger partial charge is 0.477 e. The predicted octanol–water partition coefficient (Wildman–Crippen LogP) is 2.85. The lowest BCUT2D eigenvalue weighted by molar-refractivity contribution is -0.274. The number of alkyl halides is 3. The number of aromatic nitrogens is 2. The van der Waals surface area contributed by atoms with E-state index < -0.39 is 40.1 Å². The first-order chi connectivity index (χ1) is 20.3. The first-order valence-electron chi connectivity index (χ1n) is 13.1. The fraction of sp³-hybridized carbons (Fsp3) is 0.385. The molecule has 2 fully saturated rings. The van der Waals surface area contributed by atoms with Crippen LogP contribution in [-0.2, 0) is 21.4 Å². The van der Waals surface area contributed by atoms with Crippen LogP contribution in [0.1, 0.15) is 27.3 Å². The molecule has 0 saturated carbocycles. The Morgan fingerprint density at radius 1 is 1.09 bits per heavy atom. The third-order valence-electron chi connectivity index (χ3n) is 7.00. The van der Waals surface area contributed by atoms with Gasteiger partial charge in [-0.25, -0.2) is 23.2 Å². The van der Waals surface area contributed by atoms with E-state index in [1.165, 1.54) is 0 Å². The summed E-state index contributed by atoms with van der Waals surface area (Å²) in [7, 11) is -4.35. The number of amides is 1. The second-order valence-electron chi connectivity index (χ2n) is 9.90. The lowest BCUT2D eigenvalue weighted by atomic mass is 10.2. The maximum Gasteiger partial charge on any atom is 0.573 e. The van der Waals surface area contributed by atoms with Gasteiger partial charge in [0, 0.05) is 45.5 Å². The number of hydrogen-bond donors (Lipinski definition) is 2. The van der Waals surface area contributed by atoms with Crippen LogP contribution < -0.4 is 19.9 Å². The van der Waals surface area contributed by atoms with Gasteiger partial charge in [-0.15, -0.1) is 13.2 Å². The first kappa shape index (κ1) is 30.5. The molecule has 1 amide bonds. The topological polar surface area (TPSA) is 145 Å². The van der Waals surface area contributed by atoms with E-state index in [4.69, 9.17) is 0 Å². The number of rotatable bonds is 9. The Morgan fingerprint density at radius 2 is 1.81 bits per heavy atom. The van der Waals surface area contributed by atoms with E-state index in [1.807, 2.05) is 12.1 Å². The standard InChI is InChI=1S/C26H27F3N6O6S2/c1-16-22(24(37)38)42-25(32-16)34-11-12-35(43(39,40)19-6-4-18(5-7-19)41-26(27,28)29)20(15-34)23(36)31-14-17-3-8-21(30-13-17)33-9-2-10-33/h3-8,13,20H,2,9-12,14-15H2,1H3,(H,31,36)(H,37,38)/t20-/m1/s1. The van der Waals surface area contributed by atoms with Gasteiger partial charge in [0.25, 0.3) is 0 Å². The highest BCUT2D eigenvalue weighted by Crippen LogP contribution is 2.31. The van der Waals surface area contributed by atoms with Crippen LogP contribution in [0.3, 0.4) is 0 Å². The van der Waals surface area contributed by atoms with Crippen LogP contribution in [0.4, 0.5) is 24.1 Å². The number of anilines is 2. The van der Waals surface area contributed by atoms with E-state index in [1.54, 1.807) is 18.0 Å². The second kappa shape index (κ2) is 12.0. The SMILES string of the molecule is Cc1nc(N2CCN(S(=O)(=O)c3ccc(OC(F)(F)F)cc3)[C@@H](C(=O)NCc3ccc(N4CCC4)nc3)C2)sc1C(=O)O. The summed E-state index contributed by atoms with van der Waals surface area (Å²) in [5, 5.41) is 12.5. The number of nitrogens with one attached hydrogen (secondary N) is 1. The van der Waals surface area contributed by atoms with Gasteiger partial charge in [0.2, 0.25) is 15.9 Å². The summed E-state index contributed by atoms with van der Waals surface area (Å²) in [4.78, 5) is 37.3. The Bertz CT molecular complexity index is 1590. The van der Waals surface area contributed by atoms with E-state index in [0.29, 0.717) is 16.4 Å². The number of carbonyl (C=O) groups excluding carboxylic acids is 1. The van der Waals surface area contributed by atoms with Gasteiger partial charge in [-0.2, -0.15) is 4.31 Å². The van der Waals surface area contributed by atoms with Crippen LogP contribution in [0.25, 0.3) is 0 Å². The largest absolute Gasteiger partial charge is 0.573 e. The molecule has 4 heterocycles. The van der Waals surface area contributed by atoms with E-state index in [0.717, 1.165) is 65.2 Å². The number of carboxylic acid groups (broad SMARTS) is 1. The highest BCUT2D eigenvalue weighted by molar-refractivity contribution is 7.89. The molecule has 43 heavy (non-hydrogen) atoms. The number of benzene rings is 1. The van der Waals surface area contributed by atoms with Crippen LogP contribution in [-0.4, -0.2) is 84.8 Å². The number of carboxylic acids is 1. The van der Waals surface area contributed by atoms with Gasteiger partial charge < -0.3 is 25.0 Å². The minimum atomic E-state index is -4.95. The number of sulfonamides is 1. The van der Waals surface area contributed by atoms with Crippen molar-refractivity contribution in [3.05, 3.63) is 58.7 Å². The van der Waals surface area contributed by atoms with Crippen molar-refractivity contribution < 1.29 is 41.0 Å². The van der Waals surface area contributed by atoms with Crippen molar-refractivity contribution in [1.82, 2.24) is 19.6 Å².